The number of rotatable bonds is 7. The van der Waals surface area contributed by atoms with Crippen molar-refractivity contribution in [1.82, 2.24) is 4.98 Å². The van der Waals surface area contributed by atoms with Crippen molar-refractivity contribution in [2.24, 2.45) is 5.73 Å². The van der Waals surface area contributed by atoms with E-state index < -0.39 is 0 Å². The molecule has 106 valence electrons. The molecule has 4 heteroatoms. The standard InChI is InChI=1S/C16H21N3S/c1-2-3-4-7-10-18-15-12-8-5-6-9-14(12)19-11-13(15)16(17)20/h5-6,8-9,11H,2-4,7,10H2,1H3,(H2,17,20)(H,18,19). The lowest BCUT2D eigenvalue weighted by Gasteiger charge is -2.13. The molecule has 1 heterocycles. The lowest BCUT2D eigenvalue weighted by molar-refractivity contribution is 0.685. The number of nitrogens with one attached hydrogen (secondary N) is 1. The fraction of sp³-hybridized carbons (Fsp3) is 0.375. The molecular formula is C16H21N3S. The maximum atomic E-state index is 5.81. The predicted octanol–water partition coefficient (Wildman–Crippen LogP) is 3.86. The average molecular weight is 287 g/mol. The Bertz CT molecular complexity index is 595. The summed E-state index contributed by atoms with van der Waals surface area (Å²) in [4.78, 5) is 4.80. The second-order valence-electron chi connectivity index (χ2n) is 4.92. The van der Waals surface area contributed by atoms with Crippen molar-refractivity contribution in [3.05, 3.63) is 36.0 Å². The van der Waals surface area contributed by atoms with Gasteiger partial charge in [-0.05, 0) is 12.5 Å². The van der Waals surface area contributed by atoms with Crippen LogP contribution in [-0.4, -0.2) is 16.5 Å². The first kappa shape index (κ1) is 14.7. The average Bonchev–Trinajstić information content (AvgIpc) is 2.46. The van der Waals surface area contributed by atoms with E-state index in [-0.39, 0.29) is 0 Å². The summed E-state index contributed by atoms with van der Waals surface area (Å²) in [6, 6.07) is 8.05. The number of fused-ring (bicyclic) bond motifs is 1. The molecule has 0 spiro atoms. The third-order valence-electron chi connectivity index (χ3n) is 3.37. The zero-order chi connectivity index (χ0) is 14.4. The number of nitrogens with two attached hydrogens (primary N) is 1. The van der Waals surface area contributed by atoms with Crippen LogP contribution in [0.15, 0.2) is 30.5 Å². The lowest BCUT2D eigenvalue weighted by Crippen LogP contribution is -2.14. The highest BCUT2D eigenvalue weighted by atomic mass is 32.1. The highest BCUT2D eigenvalue weighted by molar-refractivity contribution is 7.80. The van der Waals surface area contributed by atoms with Crippen molar-refractivity contribution in [3.63, 3.8) is 0 Å². The van der Waals surface area contributed by atoms with Crippen LogP contribution >= 0.6 is 12.2 Å². The Labute approximate surface area is 125 Å². The Hall–Kier alpha value is -1.68. The van der Waals surface area contributed by atoms with E-state index in [0.717, 1.165) is 35.1 Å². The zero-order valence-corrected chi connectivity index (χ0v) is 12.7. The molecule has 0 bridgehead atoms. The van der Waals surface area contributed by atoms with E-state index in [4.69, 9.17) is 18.0 Å². The van der Waals surface area contributed by atoms with Gasteiger partial charge in [-0.2, -0.15) is 0 Å². The molecule has 0 fully saturated rings. The molecule has 2 aromatic rings. The first-order valence-corrected chi connectivity index (χ1v) is 7.56. The second kappa shape index (κ2) is 7.20. The number of hydrogen-bond donors (Lipinski definition) is 2. The molecule has 1 aromatic heterocycles. The Morgan fingerprint density at radius 2 is 2.05 bits per heavy atom. The van der Waals surface area contributed by atoms with E-state index in [1.54, 1.807) is 6.20 Å². The normalized spacial score (nSPS) is 10.7. The van der Waals surface area contributed by atoms with Gasteiger partial charge in [-0.3, -0.25) is 4.98 Å². The number of hydrogen-bond acceptors (Lipinski definition) is 3. The number of aromatic nitrogens is 1. The minimum atomic E-state index is 0.388. The van der Waals surface area contributed by atoms with Gasteiger partial charge in [0.25, 0.3) is 0 Å². The lowest BCUT2D eigenvalue weighted by atomic mass is 10.1. The number of anilines is 1. The maximum absolute atomic E-state index is 5.81. The first-order valence-electron chi connectivity index (χ1n) is 7.15. The molecular weight excluding hydrogens is 266 g/mol. The number of para-hydroxylation sites is 1. The molecule has 0 unspecified atom stereocenters. The third-order valence-corrected chi connectivity index (χ3v) is 3.59. The Morgan fingerprint density at radius 1 is 1.25 bits per heavy atom. The minimum absolute atomic E-state index is 0.388. The number of pyridine rings is 1. The van der Waals surface area contributed by atoms with E-state index in [0.29, 0.717) is 4.99 Å². The summed E-state index contributed by atoms with van der Waals surface area (Å²) in [6.45, 7) is 3.15. The number of nitrogens with zero attached hydrogens (tertiary/aromatic N) is 1. The van der Waals surface area contributed by atoms with Gasteiger partial charge in [0.2, 0.25) is 0 Å². The molecule has 0 saturated heterocycles. The van der Waals surface area contributed by atoms with Gasteiger partial charge in [0.1, 0.15) is 4.99 Å². The van der Waals surface area contributed by atoms with Gasteiger partial charge in [-0.1, -0.05) is 56.6 Å². The fourth-order valence-electron chi connectivity index (χ4n) is 2.28. The van der Waals surface area contributed by atoms with Gasteiger partial charge in [-0.25, -0.2) is 0 Å². The van der Waals surface area contributed by atoms with Gasteiger partial charge in [0, 0.05) is 18.1 Å². The van der Waals surface area contributed by atoms with Crippen molar-refractivity contribution in [2.75, 3.05) is 11.9 Å². The Morgan fingerprint density at radius 3 is 2.80 bits per heavy atom. The molecule has 0 atom stereocenters. The van der Waals surface area contributed by atoms with Gasteiger partial charge < -0.3 is 11.1 Å². The number of benzene rings is 1. The highest BCUT2D eigenvalue weighted by Crippen LogP contribution is 2.25. The molecule has 0 radical (unpaired) electrons. The van der Waals surface area contributed by atoms with Crippen LogP contribution < -0.4 is 11.1 Å². The molecule has 0 amide bonds. The molecule has 0 aliphatic carbocycles. The van der Waals surface area contributed by atoms with Crippen LogP contribution in [0.1, 0.15) is 38.2 Å². The summed E-state index contributed by atoms with van der Waals surface area (Å²) in [7, 11) is 0. The highest BCUT2D eigenvalue weighted by Gasteiger charge is 2.10. The van der Waals surface area contributed by atoms with Crippen LogP contribution in [0, 0.1) is 0 Å². The summed E-state index contributed by atoms with van der Waals surface area (Å²) in [5.74, 6) is 0. The molecule has 0 aliphatic rings. The topological polar surface area (TPSA) is 50.9 Å². The fourth-order valence-corrected chi connectivity index (χ4v) is 2.44. The molecule has 3 N–H and O–H groups in total. The molecule has 0 saturated carbocycles. The van der Waals surface area contributed by atoms with Crippen LogP contribution in [0.2, 0.25) is 0 Å². The van der Waals surface area contributed by atoms with Crippen LogP contribution in [0.5, 0.6) is 0 Å². The molecule has 1 aromatic carbocycles. The van der Waals surface area contributed by atoms with Crippen molar-refractivity contribution in [1.29, 1.82) is 0 Å². The van der Waals surface area contributed by atoms with Crippen LogP contribution in [0.3, 0.4) is 0 Å². The number of unbranched alkanes of at least 4 members (excludes halogenated alkanes) is 3. The SMILES string of the molecule is CCCCCCNc1c(C(N)=S)cnc2ccccc12. The van der Waals surface area contributed by atoms with E-state index in [1.807, 2.05) is 18.2 Å². The molecule has 0 aliphatic heterocycles. The van der Waals surface area contributed by atoms with Gasteiger partial charge in [-0.15, -0.1) is 0 Å². The van der Waals surface area contributed by atoms with Crippen LogP contribution in [0.4, 0.5) is 5.69 Å². The summed E-state index contributed by atoms with van der Waals surface area (Å²) in [5.41, 5.74) is 8.61. The summed E-state index contributed by atoms with van der Waals surface area (Å²) >= 11 is 5.13. The Balaban J connectivity index is 2.23. The smallest absolute Gasteiger partial charge is 0.107 e. The predicted molar refractivity (Wildman–Crippen MR) is 90.3 cm³/mol. The largest absolute Gasteiger partial charge is 0.389 e. The molecule has 20 heavy (non-hydrogen) atoms. The summed E-state index contributed by atoms with van der Waals surface area (Å²) in [6.07, 6.45) is 6.69. The van der Waals surface area contributed by atoms with Gasteiger partial charge in [0.15, 0.2) is 0 Å². The zero-order valence-electron chi connectivity index (χ0n) is 11.9. The van der Waals surface area contributed by atoms with Gasteiger partial charge in [0.05, 0.1) is 16.8 Å². The maximum Gasteiger partial charge on any atom is 0.107 e. The number of thiocarbonyl (C=S) groups is 1. The summed E-state index contributed by atoms with van der Waals surface area (Å²) in [5, 5.41) is 4.57. The van der Waals surface area contributed by atoms with Crippen LogP contribution in [0.25, 0.3) is 10.9 Å². The van der Waals surface area contributed by atoms with E-state index in [9.17, 15) is 0 Å². The third kappa shape index (κ3) is 3.45. The monoisotopic (exact) mass is 287 g/mol. The van der Waals surface area contributed by atoms with E-state index in [2.05, 4.69) is 23.3 Å². The first-order chi connectivity index (χ1) is 9.74. The van der Waals surface area contributed by atoms with Gasteiger partial charge >= 0.3 is 0 Å². The van der Waals surface area contributed by atoms with Crippen molar-refractivity contribution < 1.29 is 0 Å². The minimum Gasteiger partial charge on any atom is -0.389 e. The summed E-state index contributed by atoms with van der Waals surface area (Å²) < 4.78 is 0. The van der Waals surface area contributed by atoms with Crippen molar-refractivity contribution in [3.8, 4) is 0 Å². The van der Waals surface area contributed by atoms with Crippen molar-refractivity contribution >= 4 is 33.8 Å². The molecule has 3 nitrogen and oxygen atoms in total. The van der Waals surface area contributed by atoms with E-state index in [1.165, 1.54) is 19.3 Å². The van der Waals surface area contributed by atoms with E-state index >= 15 is 0 Å². The second-order valence-corrected chi connectivity index (χ2v) is 5.36. The van der Waals surface area contributed by atoms with Crippen molar-refractivity contribution in [2.45, 2.75) is 32.6 Å². The Kier molecular flexibility index (Phi) is 5.30. The molecule has 2 rings (SSSR count). The van der Waals surface area contributed by atoms with Crippen LogP contribution in [-0.2, 0) is 0 Å². The quantitative estimate of drug-likeness (QED) is 0.600.